The highest BCUT2D eigenvalue weighted by Crippen LogP contribution is 2.42. The summed E-state index contributed by atoms with van der Waals surface area (Å²) in [4.78, 5) is 6.77. The molecule has 6 nitrogen and oxygen atoms in total. The molecule has 0 unspecified atom stereocenters. The molecule has 1 aliphatic heterocycles. The van der Waals surface area contributed by atoms with E-state index in [0.717, 1.165) is 28.6 Å². The van der Waals surface area contributed by atoms with E-state index in [4.69, 9.17) is 21.4 Å². The summed E-state index contributed by atoms with van der Waals surface area (Å²) >= 11 is 5.80. The first-order valence-corrected chi connectivity index (χ1v) is 10.5. The lowest BCUT2D eigenvalue weighted by atomic mass is 10.0. The van der Waals surface area contributed by atoms with Crippen molar-refractivity contribution < 1.29 is 9.15 Å². The van der Waals surface area contributed by atoms with Gasteiger partial charge in [-0.25, -0.2) is 0 Å². The van der Waals surface area contributed by atoms with Crippen LogP contribution in [0.2, 0.25) is 0 Å². The molecule has 2 atom stereocenters. The Balaban J connectivity index is 1.59. The van der Waals surface area contributed by atoms with Crippen LogP contribution in [-0.4, -0.2) is 21.8 Å². The van der Waals surface area contributed by atoms with Gasteiger partial charge in [0.1, 0.15) is 17.6 Å². The largest absolute Gasteiger partial charge is 0.497 e. The number of hydrogen-bond donors (Lipinski definition) is 1. The highest BCUT2D eigenvalue weighted by atomic mass is 32.1. The van der Waals surface area contributed by atoms with E-state index in [1.807, 2.05) is 60.8 Å². The zero-order chi connectivity index (χ0) is 21.2. The third-order valence-corrected chi connectivity index (χ3v) is 5.84. The van der Waals surface area contributed by atoms with Gasteiger partial charge in [0.05, 0.1) is 31.7 Å². The van der Waals surface area contributed by atoms with Crippen LogP contribution < -0.4 is 15.0 Å². The third-order valence-electron chi connectivity index (χ3n) is 5.52. The van der Waals surface area contributed by atoms with Gasteiger partial charge in [0.2, 0.25) is 0 Å². The summed E-state index contributed by atoms with van der Waals surface area (Å²) in [5.41, 5.74) is 3.05. The van der Waals surface area contributed by atoms with Crippen LogP contribution in [0.1, 0.15) is 29.2 Å². The topological polar surface area (TPSA) is 55.5 Å². The molecule has 5 rings (SSSR count). The van der Waals surface area contributed by atoms with E-state index in [-0.39, 0.29) is 12.1 Å². The first-order chi connectivity index (χ1) is 15.2. The summed E-state index contributed by atoms with van der Waals surface area (Å²) in [6.07, 6.45) is 5.58. The second kappa shape index (κ2) is 8.28. The highest BCUT2D eigenvalue weighted by molar-refractivity contribution is 7.80. The van der Waals surface area contributed by atoms with Crippen LogP contribution in [0.15, 0.2) is 89.8 Å². The summed E-state index contributed by atoms with van der Waals surface area (Å²) in [6, 6.07) is 21.8. The minimum absolute atomic E-state index is 0.0826. The normalized spacial score (nSPS) is 18.2. The zero-order valence-electron chi connectivity index (χ0n) is 17.0. The predicted molar refractivity (Wildman–Crippen MR) is 123 cm³/mol. The predicted octanol–water partition coefficient (Wildman–Crippen LogP) is 4.71. The van der Waals surface area contributed by atoms with Crippen LogP contribution in [0.5, 0.6) is 5.75 Å². The second-order valence-electron chi connectivity index (χ2n) is 7.33. The van der Waals surface area contributed by atoms with Gasteiger partial charge < -0.3 is 23.9 Å². The van der Waals surface area contributed by atoms with Crippen LogP contribution in [0, 0.1) is 0 Å². The Morgan fingerprint density at radius 2 is 1.94 bits per heavy atom. The molecule has 31 heavy (non-hydrogen) atoms. The minimum Gasteiger partial charge on any atom is -0.497 e. The van der Waals surface area contributed by atoms with Crippen LogP contribution in [-0.2, 0) is 6.54 Å². The quantitative estimate of drug-likeness (QED) is 0.447. The van der Waals surface area contributed by atoms with Gasteiger partial charge in [-0.05, 0) is 72.9 Å². The highest BCUT2D eigenvalue weighted by Gasteiger charge is 2.42. The van der Waals surface area contributed by atoms with Crippen molar-refractivity contribution in [2.45, 2.75) is 18.6 Å². The first-order valence-electron chi connectivity index (χ1n) is 10.1. The Bertz CT molecular complexity index is 1160. The fourth-order valence-electron chi connectivity index (χ4n) is 4.09. The molecule has 1 N–H and O–H groups in total. The summed E-state index contributed by atoms with van der Waals surface area (Å²) in [6.45, 7) is 0.643. The lowest BCUT2D eigenvalue weighted by Crippen LogP contribution is -2.30. The van der Waals surface area contributed by atoms with E-state index in [9.17, 15) is 0 Å². The molecule has 1 fully saturated rings. The van der Waals surface area contributed by atoms with Crippen molar-refractivity contribution in [3.8, 4) is 5.75 Å². The number of thiocarbonyl (C=S) groups is 1. The molecule has 0 radical (unpaired) electrons. The van der Waals surface area contributed by atoms with Gasteiger partial charge >= 0.3 is 0 Å². The Kier molecular flexibility index (Phi) is 5.18. The number of ether oxygens (including phenoxy) is 1. The lowest BCUT2D eigenvalue weighted by molar-refractivity contribution is 0.415. The molecule has 7 heteroatoms. The maximum absolute atomic E-state index is 5.80. The molecular formula is C24H22N4O2S. The fourth-order valence-corrected chi connectivity index (χ4v) is 4.43. The number of benzene rings is 1. The molecule has 3 aromatic heterocycles. The number of nitrogens with zero attached hydrogens (tertiary/aromatic N) is 3. The summed E-state index contributed by atoms with van der Waals surface area (Å²) in [5, 5.41) is 4.16. The number of rotatable bonds is 6. The summed E-state index contributed by atoms with van der Waals surface area (Å²) in [7, 11) is 1.67. The standard InChI is InChI=1S/C24H22N4O2S/c1-29-18-11-9-17(10-12-18)28-23(22(26-24(28)31)20-7-2-3-13-25-20)21-8-4-14-27(21)16-19-6-5-15-30-19/h2-15,22-23H,16H2,1H3,(H,26,31)/t22-,23+/m1/s1. The van der Waals surface area contributed by atoms with Crippen LogP contribution in [0.4, 0.5) is 5.69 Å². The molecule has 0 amide bonds. The number of anilines is 1. The smallest absolute Gasteiger partial charge is 0.174 e. The summed E-state index contributed by atoms with van der Waals surface area (Å²) in [5.74, 6) is 1.71. The lowest BCUT2D eigenvalue weighted by Gasteiger charge is -2.29. The molecule has 1 aliphatic rings. The van der Waals surface area contributed by atoms with Crippen LogP contribution in [0.3, 0.4) is 0 Å². The van der Waals surface area contributed by atoms with Gasteiger partial charge in [0.15, 0.2) is 5.11 Å². The van der Waals surface area contributed by atoms with Crippen molar-refractivity contribution >= 4 is 23.0 Å². The van der Waals surface area contributed by atoms with Crippen molar-refractivity contribution in [1.82, 2.24) is 14.9 Å². The van der Waals surface area contributed by atoms with Gasteiger partial charge in [-0.3, -0.25) is 4.98 Å². The molecule has 4 heterocycles. The van der Waals surface area contributed by atoms with E-state index in [0.29, 0.717) is 11.7 Å². The molecule has 0 bridgehead atoms. The van der Waals surface area contributed by atoms with Crippen molar-refractivity contribution in [1.29, 1.82) is 0 Å². The number of methoxy groups -OCH3 is 1. The van der Waals surface area contributed by atoms with Gasteiger partial charge in [0, 0.05) is 23.8 Å². The molecule has 0 saturated carbocycles. The van der Waals surface area contributed by atoms with E-state index in [1.165, 1.54) is 0 Å². The van der Waals surface area contributed by atoms with Crippen molar-refractivity contribution in [2.75, 3.05) is 12.0 Å². The van der Waals surface area contributed by atoms with Gasteiger partial charge in [0.25, 0.3) is 0 Å². The summed E-state index contributed by atoms with van der Waals surface area (Å²) < 4.78 is 13.1. The van der Waals surface area contributed by atoms with Crippen LogP contribution >= 0.6 is 12.2 Å². The molecule has 0 aliphatic carbocycles. The van der Waals surface area contributed by atoms with E-state index in [1.54, 1.807) is 13.4 Å². The first kappa shape index (κ1) is 19.4. The van der Waals surface area contributed by atoms with Crippen molar-refractivity contribution in [2.24, 2.45) is 0 Å². The molecule has 4 aromatic rings. The van der Waals surface area contributed by atoms with E-state index in [2.05, 4.69) is 38.1 Å². The molecule has 156 valence electrons. The molecule has 0 spiro atoms. The number of pyridine rings is 1. The SMILES string of the molecule is COc1ccc(N2C(=S)N[C@H](c3ccccn3)[C@@H]2c2cccn2Cc2ccco2)cc1. The average Bonchev–Trinajstić information content (AvgIpc) is 3.55. The molecule has 1 saturated heterocycles. The Morgan fingerprint density at radius 1 is 1.06 bits per heavy atom. The monoisotopic (exact) mass is 430 g/mol. The Morgan fingerprint density at radius 3 is 2.65 bits per heavy atom. The van der Waals surface area contributed by atoms with Crippen molar-refractivity contribution in [3.05, 3.63) is 103 Å². The fraction of sp³-hybridized carbons (Fsp3) is 0.167. The number of hydrogen-bond acceptors (Lipinski definition) is 4. The van der Waals surface area contributed by atoms with E-state index < -0.39 is 0 Å². The maximum Gasteiger partial charge on any atom is 0.174 e. The van der Waals surface area contributed by atoms with Crippen LogP contribution in [0.25, 0.3) is 0 Å². The molecular weight excluding hydrogens is 408 g/mol. The average molecular weight is 431 g/mol. The second-order valence-corrected chi connectivity index (χ2v) is 7.72. The third kappa shape index (κ3) is 3.68. The minimum atomic E-state index is -0.0962. The number of nitrogens with one attached hydrogen (secondary N) is 1. The van der Waals surface area contributed by atoms with Gasteiger partial charge in [-0.2, -0.15) is 0 Å². The zero-order valence-corrected chi connectivity index (χ0v) is 17.8. The number of aromatic nitrogens is 2. The van der Waals surface area contributed by atoms with Gasteiger partial charge in [-0.15, -0.1) is 0 Å². The Labute approximate surface area is 186 Å². The van der Waals surface area contributed by atoms with Crippen molar-refractivity contribution in [3.63, 3.8) is 0 Å². The molecule has 1 aromatic carbocycles. The number of furan rings is 1. The Hall–Kier alpha value is -3.58. The van der Waals surface area contributed by atoms with Gasteiger partial charge in [-0.1, -0.05) is 6.07 Å². The van der Waals surface area contributed by atoms with E-state index >= 15 is 0 Å². The maximum atomic E-state index is 5.80.